The second kappa shape index (κ2) is 11.5. The van der Waals surface area contributed by atoms with Crippen molar-refractivity contribution in [2.45, 2.75) is 66.0 Å². The highest BCUT2D eigenvalue weighted by Gasteiger charge is 2.22. The van der Waals surface area contributed by atoms with Gasteiger partial charge in [0.2, 0.25) is 0 Å². The van der Waals surface area contributed by atoms with Gasteiger partial charge in [0.05, 0.1) is 5.71 Å². The molecule has 0 saturated carbocycles. The van der Waals surface area contributed by atoms with Gasteiger partial charge in [0.1, 0.15) is 6.17 Å². The zero-order valence-electron chi connectivity index (χ0n) is 18.0. The summed E-state index contributed by atoms with van der Waals surface area (Å²) in [5.41, 5.74) is 6.23. The second-order valence-corrected chi connectivity index (χ2v) is 7.62. The van der Waals surface area contributed by atoms with Gasteiger partial charge in [0.25, 0.3) is 0 Å². The van der Waals surface area contributed by atoms with Crippen molar-refractivity contribution < 1.29 is 0 Å². The van der Waals surface area contributed by atoms with Crippen LogP contribution in [0.25, 0.3) is 0 Å². The van der Waals surface area contributed by atoms with Gasteiger partial charge < -0.3 is 5.32 Å². The van der Waals surface area contributed by atoms with Gasteiger partial charge in [-0.3, -0.25) is 4.99 Å². The first-order valence-electron chi connectivity index (χ1n) is 10.6. The lowest BCUT2D eigenvalue weighted by Gasteiger charge is -2.28. The third kappa shape index (κ3) is 6.37. The van der Waals surface area contributed by atoms with Crippen LogP contribution in [0.15, 0.2) is 88.7 Å². The van der Waals surface area contributed by atoms with Gasteiger partial charge >= 0.3 is 0 Å². The molecule has 0 spiro atoms. The van der Waals surface area contributed by atoms with Crippen molar-refractivity contribution in [3.8, 4) is 0 Å². The molecule has 1 aliphatic heterocycles. The van der Waals surface area contributed by atoms with Crippen molar-refractivity contribution in [1.82, 2.24) is 5.32 Å². The molecule has 1 N–H and O–H groups in total. The van der Waals surface area contributed by atoms with Crippen LogP contribution in [0.5, 0.6) is 0 Å². The Kier molecular flexibility index (Phi) is 9.00. The largest absolute Gasteiger partial charge is 0.363 e. The molecule has 0 fully saturated rings. The van der Waals surface area contributed by atoms with Crippen molar-refractivity contribution in [1.29, 1.82) is 0 Å². The molecule has 150 valence electrons. The first-order valence-corrected chi connectivity index (χ1v) is 10.6. The Hall–Kier alpha value is -2.35. The maximum atomic E-state index is 5.03. The van der Waals surface area contributed by atoms with E-state index in [1.165, 1.54) is 29.7 Å². The summed E-state index contributed by atoms with van der Waals surface area (Å²) in [4.78, 5) is 5.03. The van der Waals surface area contributed by atoms with E-state index in [4.69, 9.17) is 4.99 Å². The SMILES string of the molecule is C=C/C=C\C(=C/C)C1N=C(C2=CCCC=C2)C=C(C(C)C/C=C(\C)CCC)N1. The average molecular weight is 377 g/mol. The Morgan fingerprint density at radius 1 is 1.39 bits per heavy atom. The highest BCUT2D eigenvalue weighted by molar-refractivity contribution is 6.11. The summed E-state index contributed by atoms with van der Waals surface area (Å²) in [5.74, 6) is 0.425. The summed E-state index contributed by atoms with van der Waals surface area (Å²) in [7, 11) is 0. The van der Waals surface area contributed by atoms with Gasteiger partial charge in [-0.2, -0.15) is 0 Å². The van der Waals surface area contributed by atoms with Crippen LogP contribution >= 0.6 is 0 Å². The van der Waals surface area contributed by atoms with Gasteiger partial charge in [-0.1, -0.05) is 81.0 Å². The minimum Gasteiger partial charge on any atom is -0.363 e. The summed E-state index contributed by atoms with van der Waals surface area (Å²) in [6.07, 6.45) is 25.0. The summed E-state index contributed by atoms with van der Waals surface area (Å²) in [6, 6.07) is 0. The molecule has 2 aliphatic rings. The van der Waals surface area contributed by atoms with Crippen LogP contribution in [0.3, 0.4) is 0 Å². The summed E-state index contributed by atoms with van der Waals surface area (Å²) < 4.78 is 0. The minimum absolute atomic E-state index is 0.0596. The molecule has 28 heavy (non-hydrogen) atoms. The predicted molar refractivity (Wildman–Crippen MR) is 124 cm³/mol. The number of aliphatic imine (C=N–C) groups is 1. The van der Waals surface area contributed by atoms with E-state index in [1.54, 1.807) is 0 Å². The molecule has 0 bridgehead atoms. The Labute approximate surface area is 171 Å². The average Bonchev–Trinajstić information content (AvgIpc) is 2.73. The number of hydrogen-bond donors (Lipinski definition) is 1. The van der Waals surface area contributed by atoms with Crippen molar-refractivity contribution in [2.24, 2.45) is 10.9 Å². The highest BCUT2D eigenvalue weighted by Crippen LogP contribution is 2.24. The van der Waals surface area contributed by atoms with Crippen LogP contribution < -0.4 is 5.32 Å². The van der Waals surface area contributed by atoms with E-state index in [0.29, 0.717) is 5.92 Å². The first-order chi connectivity index (χ1) is 13.6. The van der Waals surface area contributed by atoms with Crippen LogP contribution in [0.1, 0.15) is 59.8 Å². The van der Waals surface area contributed by atoms with E-state index in [2.05, 4.69) is 82.1 Å². The first kappa shape index (κ1) is 21.9. The summed E-state index contributed by atoms with van der Waals surface area (Å²) in [5, 5.41) is 3.68. The van der Waals surface area contributed by atoms with E-state index in [0.717, 1.165) is 30.5 Å². The molecule has 0 aromatic carbocycles. The van der Waals surface area contributed by atoms with E-state index >= 15 is 0 Å². The van der Waals surface area contributed by atoms with E-state index in [-0.39, 0.29) is 6.17 Å². The molecule has 2 unspecified atom stereocenters. The number of allylic oxidation sites excluding steroid dienone is 11. The van der Waals surface area contributed by atoms with Crippen molar-refractivity contribution in [3.05, 3.63) is 83.7 Å². The maximum absolute atomic E-state index is 5.03. The molecular weight excluding hydrogens is 340 g/mol. The molecule has 0 saturated heterocycles. The Morgan fingerprint density at radius 2 is 2.21 bits per heavy atom. The Bertz CT molecular complexity index is 753. The standard InChI is InChI=1S/C26H36N2/c1-6-9-14-22(8-3)26-27-24(21(5)18-17-20(4)13-7-2)19-25(28-26)23-15-11-10-12-16-23/h6,8-9,11,14-17,19,21,26-27H,1,7,10,12-13,18H2,2-5H3/b14-9-,20-17+,22-8+. The van der Waals surface area contributed by atoms with Gasteiger partial charge in [-0.15, -0.1) is 0 Å². The van der Waals surface area contributed by atoms with Gasteiger partial charge in [-0.05, 0) is 62.7 Å². The lowest BCUT2D eigenvalue weighted by Crippen LogP contribution is -2.35. The maximum Gasteiger partial charge on any atom is 0.144 e. The molecule has 0 aromatic heterocycles. The van der Waals surface area contributed by atoms with Crippen LogP contribution in [0.4, 0.5) is 0 Å². The molecule has 1 aliphatic carbocycles. The summed E-state index contributed by atoms with van der Waals surface area (Å²) in [6.45, 7) is 12.6. The van der Waals surface area contributed by atoms with Crippen molar-refractivity contribution in [2.75, 3.05) is 0 Å². The zero-order chi connectivity index (χ0) is 20.4. The van der Waals surface area contributed by atoms with E-state index < -0.39 is 0 Å². The zero-order valence-corrected chi connectivity index (χ0v) is 18.0. The quantitative estimate of drug-likeness (QED) is 0.341. The molecule has 0 amide bonds. The Balaban J connectivity index is 2.30. The molecule has 0 aromatic rings. The van der Waals surface area contributed by atoms with Gasteiger partial charge in [-0.25, -0.2) is 0 Å². The number of nitrogens with one attached hydrogen (secondary N) is 1. The van der Waals surface area contributed by atoms with Crippen LogP contribution in [0, 0.1) is 5.92 Å². The van der Waals surface area contributed by atoms with Crippen LogP contribution in [-0.2, 0) is 0 Å². The molecule has 0 radical (unpaired) electrons. The number of nitrogens with zero attached hydrogens (tertiary/aromatic N) is 1. The third-order valence-corrected chi connectivity index (χ3v) is 5.22. The fraction of sp³-hybridized carbons (Fsp3) is 0.423. The van der Waals surface area contributed by atoms with E-state index in [1.807, 2.05) is 12.2 Å². The van der Waals surface area contributed by atoms with Crippen LogP contribution in [0.2, 0.25) is 0 Å². The van der Waals surface area contributed by atoms with E-state index in [9.17, 15) is 0 Å². The molecule has 2 heteroatoms. The minimum atomic E-state index is -0.0596. The Morgan fingerprint density at radius 3 is 2.86 bits per heavy atom. The molecule has 2 rings (SSSR count). The topological polar surface area (TPSA) is 24.4 Å². The smallest absolute Gasteiger partial charge is 0.144 e. The molecule has 1 heterocycles. The highest BCUT2D eigenvalue weighted by atomic mass is 15.1. The van der Waals surface area contributed by atoms with Gasteiger partial charge in [0, 0.05) is 5.70 Å². The second-order valence-electron chi connectivity index (χ2n) is 7.62. The monoisotopic (exact) mass is 376 g/mol. The number of rotatable bonds is 9. The lowest BCUT2D eigenvalue weighted by atomic mass is 9.94. The molecule has 2 nitrogen and oxygen atoms in total. The fourth-order valence-electron chi connectivity index (χ4n) is 3.48. The predicted octanol–water partition coefficient (Wildman–Crippen LogP) is 6.98. The van der Waals surface area contributed by atoms with Crippen LogP contribution in [-0.4, -0.2) is 11.9 Å². The molecular formula is C26H36N2. The van der Waals surface area contributed by atoms with Crippen molar-refractivity contribution >= 4 is 5.71 Å². The third-order valence-electron chi connectivity index (χ3n) is 5.22. The normalized spacial score (nSPS) is 21.7. The summed E-state index contributed by atoms with van der Waals surface area (Å²) >= 11 is 0. The lowest BCUT2D eigenvalue weighted by molar-refractivity contribution is 0.562. The van der Waals surface area contributed by atoms with Crippen molar-refractivity contribution in [3.63, 3.8) is 0 Å². The fourth-order valence-corrected chi connectivity index (χ4v) is 3.48. The van der Waals surface area contributed by atoms with Gasteiger partial charge in [0.15, 0.2) is 0 Å². The number of hydrogen-bond acceptors (Lipinski definition) is 2. The molecule has 2 atom stereocenters.